The van der Waals surface area contributed by atoms with Crippen LogP contribution in [0.3, 0.4) is 0 Å². The molecule has 0 atom stereocenters. The molecule has 2 aromatic carbocycles. The summed E-state index contributed by atoms with van der Waals surface area (Å²) in [5.41, 5.74) is 5.78. The molecule has 1 heterocycles. The first-order valence-electron chi connectivity index (χ1n) is 12.4. The van der Waals surface area contributed by atoms with E-state index in [9.17, 15) is 5.26 Å². The molecule has 0 fully saturated rings. The molecule has 0 aliphatic carbocycles. The van der Waals surface area contributed by atoms with Gasteiger partial charge < -0.3 is 14.2 Å². The predicted octanol–water partition coefficient (Wildman–Crippen LogP) is 6.04. The maximum atomic E-state index is 9.44. The topological polar surface area (TPSA) is 77.3 Å². The van der Waals surface area contributed by atoms with Gasteiger partial charge in [-0.2, -0.15) is 10.2 Å². The number of hydrogen-bond acceptors (Lipinski definition) is 6. The molecule has 0 spiro atoms. The number of aryl methyl sites for hydroxylation is 2. The van der Waals surface area contributed by atoms with Gasteiger partial charge in [-0.05, 0) is 56.4 Å². The number of nitriles is 1. The van der Waals surface area contributed by atoms with Crippen molar-refractivity contribution in [3.05, 3.63) is 76.7 Å². The molecule has 0 aliphatic heterocycles. The molecule has 3 rings (SSSR count). The Morgan fingerprint density at radius 1 is 0.943 bits per heavy atom. The van der Waals surface area contributed by atoms with E-state index in [-0.39, 0.29) is 6.61 Å². The van der Waals surface area contributed by atoms with E-state index in [1.165, 1.54) is 0 Å². The van der Waals surface area contributed by atoms with Crippen LogP contribution in [0.1, 0.15) is 61.8 Å². The van der Waals surface area contributed by atoms with Crippen molar-refractivity contribution in [3.63, 3.8) is 0 Å². The largest absolute Gasteiger partial charge is 0.472 e. The van der Waals surface area contributed by atoms with E-state index in [4.69, 9.17) is 19.2 Å². The standard InChI is InChI=1S/C29H35N3O3/c1-5-8-13-27-26(29(32-21(4)31-27)35-20-28(33-6-2)34-7-3)18-22-14-16-23(17-15-22)25-12-10-9-11-24(25)19-30/h9-12,14-17,28H,5-8,13,18,20H2,1-4H3. The summed E-state index contributed by atoms with van der Waals surface area (Å²) in [5.74, 6) is 1.29. The molecular weight excluding hydrogens is 438 g/mol. The quantitative estimate of drug-likeness (QED) is 0.282. The highest BCUT2D eigenvalue weighted by Gasteiger charge is 2.18. The monoisotopic (exact) mass is 473 g/mol. The van der Waals surface area contributed by atoms with Gasteiger partial charge in [0.05, 0.1) is 17.3 Å². The van der Waals surface area contributed by atoms with Gasteiger partial charge in [0, 0.05) is 25.2 Å². The highest BCUT2D eigenvalue weighted by Crippen LogP contribution is 2.27. The minimum atomic E-state index is -0.438. The minimum absolute atomic E-state index is 0.266. The van der Waals surface area contributed by atoms with Crippen molar-refractivity contribution in [2.45, 2.75) is 59.7 Å². The lowest BCUT2D eigenvalue weighted by Crippen LogP contribution is -2.26. The van der Waals surface area contributed by atoms with Crippen LogP contribution in [-0.2, 0) is 22.3 Å². The van der Waals surface area contributed by atoms with Gasteiger partial charge in [-0.15, -0.1) is 0 Å². The van der Waals surface area contributed by atoms with Gasteiger partial charge in [0.2, 0.25) is 5.88 Å². The Labute approximate surface area is 208 Å². The molecule has 0 aliphatic rings. The summed E-state index contributed by atoms with van der Waals surface area (Å²) in [7, 11) is 0. The smallest absolute Gasteiger partial charge is 0.220 e. The third-order valence-electron chi connectivity index (χ3n) is 5.69. The van der Waals surface area contributed by atoms with Crippen LogP contribution in [0.2, 0.25) is 0 Å². The lowest BCUT2D eigenvalue weighted by molar-refractivity contribution is -0.152. The Bertz CT molecular complexity index is 1120. The van der Waals surface area contributed by atoms with E-state index in [1.807, 2.05) is 45.0 Å². The summed E-state index contributed by atoms with van der Waals surface area (Å²) in [6.45, 7) is 9.32. The number of benzene rings is 2. The Balaban J connectivity index is 1.89. The van der Waals surface area contributed by atoms with Crippen molar-refractivity contribution in [1.29, 1.82) is 5.26 Å². The molecular formula is C29H35N3O3. The zero-order chi connectivity index (χ0) is 25.0. The zero-order valence-electron chi connectivity index (χ0n) is 21.2. The first-order chi connectivity index (χ1) is 17.1. The Morgan fingerprint density at radius 2 is 1.66 bits per heavy atom. The number of aromatic nitrogens is 2. The average Bonchev–Trinajstić information content (AvgIpc) is 2.88. The van der Waals surface area contributed by atoms with E-state index >= 15 is 0 Å². The number of hydrogen-bond donors (Lipinski definition) is 0. The van der Waals surface area contributed by atoms with Crippen LogP contribution < -0.4 is 4.74 Å². The summed E-state index contributed by atoms with van der Waals surface area (Å²) in [6.07, 6.45) is 3.23. The lowest BCUT2D eigenvalue weighted by Gasteiger charge is -2.20. The predicted molar refractivity (Wildman–Crippen MR) is 137 cm³/mol. The van der Waals surface area contributed by atoms with Crippen LogP contribution in [0.15, 0.2) is 48.5 Å². The summed E-state index contributed by atoms with van der Waals surface area (Å²) < 4.78 is 17.5. The molecule has 0 N–H and O–H groups in total. The SMILES string of the molecule is CCCCc1nc(C)nc(OCC(OCC)OCC)c1Cc1ccc(-c2ccccc2C#N)cc1. The first-order valence-corrected chi connectivity index (χ1v) is 12.4. The van der Waals surface area contributed by atoms with Gasteiger partial charge in [-0.3, -0.25) is 0 Å². The number of rotatable bonds is 13. The first kappa shape index (κ1) is 26.3. The summed E-state index contributed by atoms with van der Waals surface area (Å²) >= 11 is 0. The van der Waals surface area contributed by atoms with Gasteiger partial charge in [0.1, 0.15) is 12.4 Å². The molecule has 35 heavy (non-hydrogen) atoms. The molecule has 0 bridgehead atoms. The Morgan fingerprint density at radius 3 is 2.31 bits per heavy atom. The van der Waals surface area contributed by atoms with E-state index < -0.39 is 6.29 Å². The fourth-order valence-electron chi connectivity index (χ4n) is 3.98. The van der Waals surface area contributed by atoms with Crippen LogP contribution >= 0.6 is 0 Å². The van der Waals surface area contributed by atoms with Crippen LogP contribution in [-0.4, -0.2) is 36.1 Å². The normalized spacial score (nSPS) is 11.0. The highest BCUT2D eigenvalue weighted by atomic mass is 16.7. The Hall–Kier alpha value is -3.27. The van der Waals surface area contributed by atoms with Crippen molar-refractivity contribution >= 4 is 0 Å². The Kier molecular flexibility index (Phi) is 10.2. The van der Waals surface area contributed by atoms with Gasteiger partial charge >= 0.3 is 0 Å². The van der Waals surface area contributed by atoms with Gasteiger partial charge in [-0.25, -0.2) is 4.98 Å². The van der Waals surface area contributed by atoms with Crippen LogP contribution in [0.4, 0.5) is 0 Å². The van der Waals surface area contributed by atoms with Crippen molar-refractivity contribution in [1.82, 2.24) is 9.97 Å². The molecule has 184 valence electrons. The molecule has 0 saturated carbocycles. The van der Waals surface area contributed by atoms with E-state index in [0.717, 1.165) is 47.2 Å². The lowest BCUT2D eigenvalue weighted by atomic mass is 9.96. The minimum Gasteiger partial charge on any atom is -0.472 e. The number of nitrogens with zero attached hydrogens (tertiary/aromatic N) is 3. The third-order valence-corrected chi connectivity index (χ3v) is 5.69. The number of ether oxygens (including phenoxy) is 3. The van der Waals surface area contributed by atoms with E-state index in [0.29, 0.717) is 36.9 Å². The molecule has 1 aromatic heterocycles. The molecule has 6 nitrogen and oxygen atoms in total. The van der Waals surface area contributed by atoms with Crippen LogP contribution in [0.25, 0.3) is 11.1 Å². The van der Waals surface area contributed by atoms with Crippen molar-refractivity contribution in [2.75, 3.05) is 19.8 Å². The maximum absolute atomic E-state index is 9.44. The zero-order valence-corrected chi connectivity index (χ0v) is 21.2. The molecule has 6 heteroatoms. The number of unbranched alkanes of at least 4 members (excludes halogenated alkanes) is 1. The molecule has 0 unspecified atom stereocenters. The second-order valence-electron chi connectivity index (χ2n) is 8.29. The summed E-state index contributed by atoms with van der Waals surface area (Å²) in [6, 6.07) is 18.2. The molecule has 0 amide bonds. The van der Waals surface area contributed by atoms with Crippen LogP contribution in [0, 0.1) is 18.3 Å². The second kappa shape index (κ2) is 13.6. The van der Waals surface area contributed by atoms with E-state index in [1.54, 1.807) is 0 Å². The van der Waals surface area contributed by atoms with Crippen LogP contribution in [0.5, 0.6) is 5.88 Å². The van der Waals surface area contributed by atoms with Gasteiger partial charge in [0.25, 0.3) is 0 Å². The fourth-order valence-corrected chi connectivity index (χ4v) is 3.98. The summed E-state index contributed by atoms with van der Waals surface area (Å²) in [5, 5.41) is 9.44. The molecule has 0 saturated heterocycles. The van der Waals surface area contributed by atoms with Gasteiger partial charge in [-0.1, -0.05) is 55.8 Å². The third kappa shape index (κ3) is 7.35. The average molecular weight is 474 g/mol. The van der Waals surface area contributed by atoms with E-state index in [2.05, 4.69) is 42.2 Å². The second-order valence-corrected chi connectivity index (χ2v) is 8.29. The van der Waals surface area contributed by atoms with Crippen molar-refractivity contribution in [3.8, 4) is 23.1 Å². The molecule has 0 radical (unpaired) electrons. The summed E-state index contributed by atoms with van der Waals surface area (Å²) in [4.78, 5) is 9.40. The maximum Gasteiger partial charge on any atom is 0.220 e. The highest BCUT2D eigenvalue weighted by molar-refractivity contribution is 5.70. The fraction of sp³-hybridized carbons (Fsp3) is 0.414. The van der Waals surface area contributed by atoms with Gasteiger partial charge in [0.15, 0.2) is 6.29 Å². The molecule has 3 aromatic rings. The van der Waals surface area contributed by atoms with Crippen molar-refractivity contribution in [2.24, 2.45) is 0 Å². The van der Waals surface area contributed by atoms with Crippen molar-refractivity contribution < 1.29 is 14.2 Å².